The Kier molecular flexibility index (Phi) is 8.05. The van der Waals surface area contributed by atoms with E-state index < -0.39 is 35.3 Å². The van der Waals surface area contributed by atoms with Crippen LogP contribution in [0.5, 0.6) is 0 Å². The van der Waals surface area contributed by atoms with Gasteiger partial charge in [-0.15, -0.1) is 0 Å². The van der Waals surface area contributed by atoms with Gasteiger partial charge in [-0.3, -0.25) is 4.79 Å². The summed E-state index contributed by atoms with van der Waals surface area (Å²) in [6.45, 7) is 9.17. The lowest BCUT2D eigenvalue weighted by molar-refractivity contribution is -0.175. The van der Waals surface area contributed by atoms with Crippen LogP contribution in [0.15, 0.2) is 84.9 Å². The molecule has 0 unspecified atom stereocenters. The molecule has 1 aliphatic rings. The summed E-state index contributed by atoms with van der Waals surface area (Å²) >= 11 is 0. The maximum atomic E-state index is 14.2. The van der Waals surface area contributed by atoms with E-state index in [0.717, 1.165) is 27.2 Å². The van der Waals surface area contributed by atoms with Gasteiger partial charge in [-0.05, 0) is 55.4 Å². The molecule has 0 aliphatic carbocycles. The van der Waals surface area contributed by atoms with Crippen molar-refractivity contribution in [2.45, 2.75) is 71.0 Å². The molecule has 0 bridgehead atoms. The molecule has 38 heavy (non-hydrogen) atoms. The predicted molar refractivity (Wildman–Crippen MR) is 147 cm³/mol. The third-order valence-electron chi connectivity index (χ3n) is 7.15. The van der Waals surface area contributed by atoms with Crippen molar-refractivity contribution in [1.29, 1.82) is 0 Å². The molecule has 3 aromatic carbocycles. The minimum atomic E-state index is -1.67. The lowest BCUT2D eigenvalue weighted by Crippen LogP contribution is -2.57. The van der Waals surface area contributed by atoms with Gasteiger partial charge in [0.05, 0.1) is 12.7 Å². The molecule has 0 saturated carbocycles. The van der Waals surface area contributed by atoms with Gasteiger partial charge in [-0.2, -0.15) is 0 Å². The van der Waals surface area contributed by atoms with Crippen molar-refractivity contribution in [1.82, 2.24) is 4.90 Å². The van der Waals surface area contributed by atoms with Crippen LogP contribution >= 0.6 is 0 Å². The Morgan fingerprint density at radius 1 is 0.974 bits per heavy atom. The number of carbonyl (C=O) groups excluding carboxylic acids is 2. The second-order valence-corrected chi connectivity index (χ2v) is 11.1. The Labute approximate surface area is 225 Å². The number of imide groups is 1. The average Bonchev–Trinajstić information content (AvgIpc) is 3.15. The van der Waals surface area contributed by atoms with Crippen molar-refractivity contribution in [2.75, 3.05) is 0 Å². The predicted octanol–water partition coefficient (Wildman–Crippen LogP) is 6.53. The van der Waals surface area contributed by atoms with Gasteiger partial charge in [0.25, 0.3) is 5.91 Å². The fraction of sp³-hybridized carbons (Fsp3) is 0.375. The summed E-state index contributed by atoms with van der Waals surface area (Å²) in [6, 6.07) is 26.6. The number of hydrogen-bond acceptors (Lipinski definition) is 5. The van der Waals surface area contributed by atoms with Gasteiger partial charge >= 0.3 is 6.09 Å². The molecular weight excluding hydrogens is 478 g/mol. The third kappa shape index (κ3) is 5.66. The Bertz CT molecular complexity index is 1240. The number of benzene rings is 3. The smallest absolute Gasteiger partial charge is 0.417 e. The van der Waals surface area contributed by atoms with Crippen LogP contribution in [-0.4, -0.2) is 39.3 Å². The third-order valence-corrected chi connectivity index (χ3v) is 7.15. The molecule has 6 heteroatoms. The van der Waals surface area contributed by atoms with Gasteiger partial charge in [-0.25, -0.2) is 9.69 Å². The number of cyclic esters (lactones) is 1. The summed E-state index contributed by atoms with van der Waals surface area (Å²) in [5.74, 6) is -0.506. The number of carbonyl (C=O) groups is 2. The monoisotopic (exact) mass is 515 g/mol. The van der Waals surface area contributed by atoms with Crippen LogP contribution in [0.3, 0.4) is 0 Å². The molecule has 0 spiro atoms. The van der Waals surface area contributed by atoms with Crippen LogP contribution in [0.2, 0.25) is 0 Å². The molecule has 6 nitrogen and oxygen atoms in total. The Morgan fingerprint density at radius 3 is 2.11 bits per heavy atom. The molecule has 4 rings (SSSR count). The number of rotatable bonds is 9. The van der Waals surface area contributed by atoms with E-state index in [2.05, 4.69) is 0 Å². The van der Waals surface area contributed by atoms with Crippen molar-refractivity contribution in [2.24, 2.45) is 5.92 Å². The van der Waals surface area contributed by atoms with E-state index in [-0.39, 0.29) is 12.5 Å². The first-order valence-corrected chi connectivity index (χ1v) is 13.1. The highest BCUT2D eigenvalue weighted by Gasteiger charge is 2.57. The Hall–Kier alpha value is -3.48. The first kappa shape index (κ1) is 27.6. The molecule has 3 aromatic rings. The molecule has 2 amide bonds. The fourth-order valence-corrected chi connectivity index (χ4v) is 5.00. The molecule has 3 atom stereocenters. The van der Waals surface area contributed by atoms with E-state index >= 15 is 0 Å². The SMILES string of the molecule is CC(C)C[C@H](O)[C@](C)(OCc1ccc(-c2ccccc2)cc1)C(=O)N1C(=O)OC(C)(C)[C@@H]1c1ccccc1. The number of amides is 2. The molecule has 0 radical (unpaired) electrons. The first-order chi connectivity index (χ1) is 18.0. The van der Waals surface area contributed by atoms with Crippen LogP contribution in [-0.2, 0) is 20.9 Å². The highest BCUT2D eigenvalue weighted by atomic mass is 16.6. The molecule has 0 aromatic heterocycles. The average molecular weight is 516 g/mol. The van der Waals surface area contributed by atoms with Crippen molar-refractivity contribution in [3.05, 3.63) is 96.1 Å². The van der Waals surface area contributed by atoms with Crippen molar-refractivity contribution < 1.29 is 24.2 Å². The van der Waals surface area contributed by atoms with Gasteiger partial charge in [0, 0.05) is 0 Å². The van der Waals surface area contributed by atoms with E-state index in [9.17, 15) is 14.7 Å². The highest BCUT2D eigenvalue weighted by molar-refractivity contribution is 5.99. The van der Waals surface area contributed by atoms with Gasteiger partial charge in [0.15, 0.2) is 5.60 Å². The molecule has 200 valence electrons. The normalized spacial score (nSPS) is 19.2. The van der Waals surface area contributed by atoms with E-state index in [4.69, 9.17) is 9.47 Å². The summed E-state index contributed by atoms with van der Waals surface area (Å²) in [5.41, 5.74) is 1.17. The largest absolute Gasteiger partial charge is 0.440 e. The fourth-order valence-electron chi connectivity index (χ4n) is 5.00. The highest BCUT2D eigenvalue weighted by Crippen LogP contribution is 2.43. The van der Waals surface area contributed by atoms with Gasteiger partial charge in [0.2, 0.25) is 0 Å². The van der Waals surface area contributed by atoms with Crippen molar-refractivity contribution in [3.63, 3.8) is 0 Å². The zero-order valence-electron chi connectivity index (χ0n) is 22.8. The van der Waals surface area contributed by atoms with E-state index in [1.54, 1.807) is 20.8 Å². The molecule has 1 aliphatic heterocycles. The van der Waals surface area contributed by atoms with E-state index in [1.165, 1.54) is 0 Å². The summed E-state index contributed by atoms with van der Waals surface area (Å²) in [7, 11) is 0. The summed E-state index contributed by atoms with van der Waals surface area (Å²) in [6.07, 6.45) is -1.54. The zero-order valence-corrected chi connectivity index (χ0v) is 22.8. The van der Waals surface area contributed by atoms with Crippen molar-refractivity contribution >= 4 is 12.0 Å². The molecular formula is C32H37NO5. The summed E-state index contributed by atoms with van der Waals surface area (Å²) in [5, 5.41) is 11.3. The maximum absolute atomic E-state index is 14.2. The number of aliphatic hydroxyl groups excluding tert-OH is 1. The lowest BCUT2D eigenvalue weighted by Gasteiger charge is -2.38. The summed E-state index contributed by atoms with van der Waals surface area (Å²) in [4.78, 5) is 28.4. The number of nitrogens with zero attached hydrogens (tertiary/aromatic N) is 1. The zero-order chi connectivity index (χ0) is 27.5. The van der Waals surface area contributed by atoms with Crippen LogP contribution in [0.4, 0.5) is 4.79 Å². The standard InChI is InChI=1S/C32H37NO5/c1-22(2)20-27(34)32(5,37-21-23-16-18-25(19-17-23)24-12-8-6-9-13-24)29(35)33-28(26-14-10-7-11-15-26)31(3,4)38-30(33)36/h6-19,22,27-28,34H,20-21H2,1-5H3/t27-,28-,32-/m0/s1. The molecule has 1 heterocycles. The van der Waals surface area contributed by atoms with E-state index in [1.807, 2.05) is 98.8 Å². The Morgan fingerprint density at radius 2 is 1.53 bits per heavy atom. The lowest BCUT2D eigenvalue weighted by atomic mass is 9.87. The topological polar surface area (TPSA) is 76.1 Å². The quantitative estimate of drug-likeness (QED) is 0.350. The maximum Gasteiger partial charge on any atom is 0.417 e. The summed E-state index contributed by atoms with van der Waals surface area (Å²) < 4.78 is 11.9. The van der Waals surface area contributed by atoms with Crippen LogP contribution < -0.4 is 0 Å². The van der Waals surface area contributed by atoms with E-state index in [0.29, 0.717) is 6.42 Å². The van der Waals surface area contributed by atoms with Crippen LogP contribution in [0, 0.1) is 5.92 Å². The molecule has 1 saturated heterocycles. The van der Waals surface area contributed by atoms with Crippen molar-refractivity contribution in [3.8, 4) is 11.1 Å². The van der Waals surface area contributed by atoms with Crippen LogP contribution in [0.25, 0.3) is 11.1 Å². The minimum absolute atomic E-state index is 0.0920. The van der Waals surface area contributed by atoms with Gasteiger partial charge < -0.3 is 14.6 Å². The van der Waals surface area contributed by atoms with Crippen LogP contribution in [0.1, 0.15) is 58.2 Å². The van der Waals surface area contributed by atoms with Gasteiger partial charge in [-0.1, -0.05) is 98.8 Å². The van der Waals surface area contributed by atoms with Gasteiger partial charge in [0.1, 0.15) is 11.6 Å². The first-order valence-electron chi connectivity index (χ1n) is 13.1. The second-order valence-electron chi connectivity index (χ2n) is 11.1. The minimum Gasteiger partial charge on any atom is -0.440 e. The number of aliphatic hydroxyl groups is 1. The molecule has 1 fully saturated rings. The second kappa shape index (κ2) is 11.1. The Balaban J connectivity index is 1.62. The number of hydrogen-bond donors (Lipinski definition) is 1. The molecule has 1 N–H and O–H groups in total. The number of ether oxygens (including phenoxy) is 2.